The Bertz CT molecular complexity index is 1000. The number of fused-ring (bicyclic) bond motifs is 1. The van der Waals surface area contributed by atoms with Gasteiger partial charge in [-0.15, -0.1) is 0 Å². The van der Waals surface area contributed by atoms with Gasteiger partial charge in [0, 0.05) is 70.3 Å². The highest BCUT2D eigenvalue weighted by atomic mass is 16.2. The van der Waals surface area contributed by atoms with Gasteiger partial charge in [0.15, 0.2) is 0 Å². The lowest BCUT2D eigenvalue weighted by atomic mass is 10.1. The average molecular weight is 432 g/mol. The van der Waals surface area contributed by atoms with Crippen molar-refractivity contribution in [1.29, 1.82) is 0 Å². The van der Waals surface area contributed by atoms with Crippen LogP contribution in [0.1, 0.15) is 29.7 Å². The van der Waals surface area contributed by atoms with Crippen LogP contribution in [0.15, 0.2) is 66.9 Å². The van der Waals surface area contributed by atoms with Gasteiger partial charge in [-0.2, -0.15) is 5.10 Å². The number of amides is 1. The second-order valence-corrected chi connectivity index (χ2v) is 8.46. The van der Waals surface area contributed by atoms with Gasteiger partial charge < -0.3 is 10.2 Å². The van der Waals surface area contributed by atoms with Crippen LogP contribution in [0.4, 0.5) is 5.69 Å². The van der Waals surface area contributed by atoms with Crippen molar-refractivity contribution in [1.82, 2.24) is 19.6 Å². The first-order valence-electron chi connectivity index (χ1n) is 11.5. The fourth-order valence-electron chi connectivity index (χ4n) is 4.27. The minimum Gasteiger partial charge on any atom is -0.385 e. The summed E-state index contributed by atoms with van der Waals surface area (Å²) in [6.07, 6.45) is 4.05. The summed E-state index contributed by atoms with van der Waals surface area (Å²) in [5, 5.41) is 7.81. The maximum atomic E-state index is 13.3. The van der Waals surface area contributed by atoms with E-state index in [0.717, 1.165) is 50.5 Å². The number of benzene rings is 2. The van der Waals surface area contributed by atoms with E-state index in [1.165, 1.54) is 11.1 Å². The first kappa shape index (κ1) is 22.1. The third-order valence-electron chi connectivity index (χ3n) is 6.15. The Morgan fingerprint density at radius 3 is 2.62 bits per heavy atom. The molecule has 6 heteroatoms. The Morgan fingerprint density at radius 2 is 1.81 bits per heavy atom. The largest absolute Gasteiger partial charge is 0.385 e. The van der Waals surface area contributed by atoms with E-state index in [-0.39, 0.29) is 5.91 Å². The molecule has 0 unspecified atom stereocenters. The lowest BCUT2D eigenvalue weighted by Crippen LogP contribution is -2.38. The fraction of sp³-hybridized carbons (Fsp3) is 0.385. The van der Waals surface area contributed by atoms with E-state index in [4.69, 9.17) is 0 Å². The second kappa shape index (κ2) is 11.0. The van der Waals surface area contributed by atoms with Crippen LogP contribution in [-0.2, 0) is 31.4 Å². The SMILES string of the molecule is Cn1nccc1CCC(=O)N1CCN(Cc2ccccc2)CCCNc2ccccc2C1. The number of aryl methyl sites for hydroxylation is 2. The van der Waals surface area contributed by atoms with Crippen molar-refractivity contribution in [3.63, 3.8) is 0 Å². The van der Waals surface area contributed by atoms with Gasteiger partial charge in [0.1, 0.15) is 0 Å². The average Bonchev–Trinajstić information content (AvgIpc) is 3.21. The van der Waals surface area contributed by atoms with Gasteiger partial charge in [-0.25, -0.2) is 0 Å². The minimum atomic E-state index is 0.194. The smallest absolute Gasteiger partial charge is 0.223 e. The van der Waals surface area contributed by atoms with E-state index >= 15 is 0 Å². The molecule has 0 atom stereocenters. The summed E-state index contributed by atoms with van der Waals surface area (Å²) >= 11 is 0. The Balaban J connectivity index is 1.48. The van der Waals surface area contributed by atoms with E-state index in [1.807, 2.05) is 22.7 Å². The maximum Gasteiger partial charge on any atom is 0.223 e. The number of nitrogens with one attached hydrogen (secondary N) is 1. The lowest BCUT2D eigenvalue weighted by molar-refractivity contribution is -0.132. The maximum absolute atomic E-state index is 13.3. The molecule has 2 heterocycles. The van der Waals surface area contributed by atoms with E-state index in [1.54, 1.807) is 6.20 Å². The van der Waals surface area contributed by atoms with Gasteiger partial charge in [0.2, 0.25) is 5.91 Å². The molecule has 32 heavy (non-hydrogen) atoms. The molecule has 0 bridgehead atoms. The normalized spacial score (nSPS) is 15.5. The summed E-state index contributed by atoms with van der Waals surface area (Å²) in [6, 6.07) is 20.9. The van der Waals surface area contributed by atoms with E-state index in [0.29, 0.717) is 19.4 Å². The number of hydrogen-bond donors (Lipinski definition) is 1. The van der Waals surface area contributed by atoms with Gasteiger partial charge in [-0.1, -0.05) is 48.5 Å². The second-order valence-electron chi connectivity index (χ2n) is 8.46. The van der Waals surface area contributed by atoms with Crippen LogP contribution in [0.3, 0.4) is 0 Å². The van der Waals surface area contributed by atoms with Crippen molar-refractivity contribution < 1.29 is 4.79 Å². The Morgan fingerprint density at radius 1 is 1.00 bits per heavy atom. The van der Waals surface area contributed by atoms with Crippen LogP contribution >= 0.6 is 0 Å². The number of para-hydroxylation sites is 1. The van der Waals surface area contributed by atoms with E-state index < -0.39 is 0 Å². The van der Waals surface area contributed by atoms with Gasteiger partial charge in [-0.3, -0.25) is 14.4 Å². The van der Waals surface area contributed by atoms with E-state index in [9.17, 15) is 4.79 Å². The molecule has 2 aromatic carbocycles. The molecule has 3 aromatic rings. The number of carbonyl (C=O) groups excluding carboxylic acids is 1. The van der Waals surface area contributed by atoms with Crippen molar-refractivity contribution in [3.05, 3.63) is 83.7 Å². The molecule has 0 radical (unpaired) electrons. The monoisotopic (exact) mass is 431 g/mol. The molecule has 0 fully saturated rings. The predicted molar refractivity (Wildman–Crippen MR) is 128 cm³/mol. The van der Waals surface area contributed by atoms with Gasteiger partial charge in [0.05, 0.1) is 0 Å². The summed E-state index contributed by atoms with van der Waals surface area (Å²) in [5.41, 5.74) is 4.71. The zero-order chi connectivity index (χ0) is 22.2. The number of aromatic nitrogens is 2. The van der Waals surface area contributed by atoms with Crippen molar-refractivity contribution in [2.24, 2.45) is 7.05 Å². The summed E-state index contributed by atoms with van der Waals surface area (Å²) in [4.78, 5) is 17.8. The topological polar surface area (TPSA) is 53.4 Å². The number of carbonyl (C=O) groups is 1. The molecule has 1 N–H and O–H groups in total. The first-order chi connectivity index (χ1) is 15.7. The highest BCUT2D eigenvalue weighted by Crippen LogP contribution is 2.19. The van der Waals surface area contributed by atoms with Crippen LogP contribution in [0.2, 0.25) is 0 Å². The number of hydrogen-bond acceptors (Lipinski definition) is 4. The Hall–Kier alpha value is -3.12. The number of nitrogens with zero attached hydrogens (tertiary/aromatic N) is 4. The van der Waals surface area contributed by atoms with Crippen molar-refractivity contribution >= 4 is 11.6 Å². The molecule has 0 aliphatic carbocycles. The van der Waals surface area contributed by atoms with Gasteiger partial charge >= 0.3 is 0 Å². The van der Waals surface area contributed by atoms with Crippen LogP contribution in [0, 0.1) is 0 Å². The zero-order valence-corrected chi connectivity index (χ0v) is 18.9. The fourth-order valence-corrected chi connectivity index (χ4v) is 4.27. The summed E-state index contributed by atoms with van der Waals surface area (Å²) in [5.74, 6) is 0.194. The third-order valence-corrected chi connectivity index (χ3v) is 6.15. The lowest BCUT2D eigenvalue weighted by Gasteiger charge is -2.28. The van der Waals surface area contributed by atoms with Crippen molar-refractivity contribution in [2.45, 2.75) is 32.4 Å². The van der Waals surface area contributed by atoms with Crippen molar-refractivity contribution in [2.75, 3.05) is 31.5 Å². The molecule has 6 nitrogen and oxygen atoms in total. The molecule has 1 aliphatic heterocycles. The summed E-state index contributed by atoms with van der Waals surface area (Å²) in [7, 11) is 1.93. The van der Waals surface area contributed by atoms with Crippen LogP contribution in [0.25, 0.3) is 0 Å². The molecular weight excluding hydrogens is 398 g/mol. The number of anilines is 1. The molecular formula is C26H33N5O. The van der Waals surface area contributed by atoms with Gasteiger partial charge in [0.25, 0.3) is 0 Å². The van der Waals surface area contributed by atoms with Crippen LogP contribution in [-0.4, -0.2) is 51.7 Å². The molecule has 1 amide bonds. The zero-order valence-electron chi connectivity index (χ0n) is 18.9. The molecule has 0 saturated carbocycles. The quantitative estimate of drug-likeness (QED) is 0.669. The van der Waals surface area contributed by atoms with Crippen molar-refractivity contribution in [3.8, 4) is 0 Å². The Kier molecular flexibility index (Phi) is 7.56. The molecule has 0 saturated heterocycles. The third kappa shape index (κ3) is 5.98. The molecule has 0 spiro atoms. The van der Waals surface area contributed by atoms with E-state index in [2.05, 4.69) is 69.9 Å². The predicted octanol–water partition coefficient (Wildman–Crippen LogP) is 3.70. The Labute approximate surface area is 190 Å². The number of rotatable bonds is 5. The summed E-state index contributed by atoms with van der Waals surface area (Å²) in [6.45, 7) is 5.06. The van der Waals surface area contributed by atoms with Gasteiger partial charge in [-0.05, 0) is 36.1 Å². The van der Waals surface area contributed by atoms with Crippen LogP contribution < -0.4 is 5.32 Å². The minimum absolute atomic E-state index is 0.194. The molecule has 168 valence electrons. The standard InChI is InChI=1S/C26H33N5O/c1-29-24(14-16-28-29)12-13-26(32)31-19-18-30(20-22-8-3-2-4-9-22)17-7-15-27-25-11-6-5-10-23(25)21-31/h2-6,8-11,14,16,27H,7,12-13,15,17-21H2,1H3. The molecule has 1 aromatic heterocycles. The highest BCUT2D eigenvalue weighted by Gasteiger charge is 2.19. The molecule has 1 aliphatic rings. The highest BCUT2D eigenvalue weighted by molar-refractivity contribution is 5.76. The summed E-state index contributed by atoms with van der Waals surface area (Å²) < 4.78 is 1.85. The molecule has 4 rings (SSSR count). The first-order valence-corrected chi connectivity index (χ1v) is 11.5. The van der Waals surface area contributed by atoms with Crippen LogP contribution in [0.5, 0.6) is 0 Å².